The van der Waals surface area contributed by atoms with Gasteiger partial charge in [0.05, 0.1) is 5.69 Å². The molecule has 1 unspecified atom stereocenters. The number of rotatable bonds is 4. The molecule has 1 heterocycles. The summed E-state index contributed by atoms with van der Waals surface area (Å²) < 4.78 is 5.77. The Kier molecular flexibility index (Phi) is 4.10. The number of nitrogens with zero attached hydrogens (tertiary/aromatic N) is 1. The number of fused-ring (bicyclic) bond motifs is 1. The van der Waals surface area contributed by atoms with Crippen LogP contribution in [0.5, 0.6) is 5.75 Å². The van der Waals surface area contributed by atoms with E-state index in [1.165, 1.54) is 0 Å². The van der Waals surface area contributed by atoms with Crippen LogP contribution in [0.4, 0.5) is 5.69 Å². The molecule has 1 aromatic rings. The molecule has 0 spiro atoms. The fraction of sp³-hybridized carbons (Fsp3) is 0.533. The number of hydrogen-bond donors (Lipinski definition) is 1. The zero-order chi connectivity index (χ0) is 14.0. The number of carbonyl (C=O) groups is 1. The Labute approximate surface area is 114 Å². The predicted molar refractivity (Wildman–Crippen MR) is 76.2 cm³/mol. The number of benzene rings is 1. The molecule has 1 aromatic carbocycles. The Hall–Kier alpha value is -1.55. The lowest BCUT2D eigenvalue weighted by Gasteiger charge is -2.35. The van der Waals surface area contributed by atoms with Crippen LogP contribution in [-0.4, -0.2) is 18.6 Å². The highest BCUT2D eigenvalue weighted by Gasteiger charge is 2.33. The lowest BCUT2D eigenvalue weighted by molar-refractivity contribution is -0.126. The van der Waals surface area contributed by atoms with Crippen molar-refractivity contribution in [1.82, 2.24) is 0 Å². The summed E-state index contributed by atoms with van der Waals surface area (Å²) in [6.45, 7) is 7.36. The Morgan fingerprint density at radius 3 is 2.74 bits per heavy atom. The van der Waals surface area contributed by atoms with E-state index in [0.29, 0.717) is 25.4 Å². The first kappa shape index (κ1) is 13.9. The Morgan fingerprint density at radius 2 is 2.16 bits per heavy atom. The molecule has 1 amide bonds. The maximum Gasteiger partial charge on any atom is 0.268 e. The van der Waals surface area contributed by atoms with Crippen LogP contribution in [0.3, 0.4) is 0 Å². The van der Waals surface area contributed by atoms with Crippen molar-refractivity contribution in [3.63, 3.8) is 0 Å². The average molecular weight is 262 g/mol. The van der Waals surface area contributed by atoms with Gasteiger partial charge in [0.2, 0.25) is 0 Å². The smallest absolute Gasteiger partial charge is 0.268 e. The fourth-order valence-corrected chi connectivity index (χ4v) is 2.31. The van der Waals surface area contributed by atoms with Crippen LogP contribution in [0.15, 0.2) is 18.2 Å². The van der Waals surface area contributed by atoms with E-state index in [0.717, 1.165) is 17.0 Å². The highest BCUT2D eigenvalue weighted by molar-refractivity contribution is 6.00. The van der Waals surface area contributed by atoms with Gasteiger partial charge in [0, 0.05) is 13.1 Å². The third kappa shape index (κ3) is 2.73. The van der Waals surface area contributed by atoms with E-state index < -0.39 is 0 Å². The molecule has 0 aromatic heterocycles. The van der Waals surface area contributed by atoms with Gasteiger partial charge in [-0.3, -0.25) is 4.79 Å². The van der Waals surface area contributed by atoms with E-state index in [1.807, 2.05) is 30.0 Å². The molecule has 0 bridgehead atoms. The molecule has 0 fully saturated rings. The summed E-state index contributed by atoms with van der Waals surface area (Å²) >= 11 is 0. The number of ether oxygens (including phenoxy) is 1. The lowest BCUT2D eigenvalue weighted by Crippen LogP contribution is -2.47. The van der Waals surface area contributed by atoms with Crippen molar-refractivity contribution in [2.45, 2.75) is 39.8 Å². The minimum atomic E-state index is -0.366. The van der Waals surface area contributed by atoms with Gasteiger partial charge < -0.3 is 15.4 Å². The first-order valence-corrected chi connectivity index (χ1v) is 6.87. The van der Waals surface area contributed by atoms with Crippen LogP contribution in [0.2, 0.25) is 0 Å². The van der Waals surface area contributed by atoms with Gasteiger partial charge in [0.15, 0.2) is 6.10 Å². The molecule has 4 heteroatoms. The van der Waals surface area contributed by atoms with E-state index in [9.17, 15) is 4.79 Å². The second-order valence-electron chi connectivity index (χ2n) is 5.36. The quantitative estimate of drug-likeness (QED) is 0.906. The molecule has 0 radical (unpaired) electrons. The molecule has 2 rings (SSSR count). The zero-order valence-electron chi connectivity index (χ0n) is 11.8. The molecule has 4 nitrogen and oxygen atoms in total. The Bertz CT molecular complexity index is 471. The molecular formula is C15H22N2O2. The first-order chi connectivity index (χ1) is 9.06. The van der Waals surface area contributed by atoms with Crippen molar-refractivity contribution in [3.8, 4) is 5.75 Å². The van der Waals surface area contributed by atoms with Gasteiger partial charge in [-0.15, -0.1) is 0 Å². The van der Waals surface area contributed by atoms with Gasteiger partial charge in [-0.2, -0.15) is 0 Å². The largest absolute Gasteiger partial charge is 0.478 e. The maximum absolute atomic E-state index is 12.4. The number of amides is 1. The molecule has 0 saturated heterocycles. The summed E-state index contributed by atoms with van der Waals surface area (Å²) in [7, 11) is 0. The van der Waals surface area contributed by atoms with Gasteiger partial charge in [-0.25, -0.2) is 0 Å². The lowest BCUT2D eigenvalue weighted by atomic mass is 10.1. The minimum Gasteiger partial charge on any atom is -0.478 e. The molecule has 1 aliphatic rings. The van der Waals surface area contributed by atoms with Crippen LogP contribution >= 0.6 is 0 Å². The van der Waals surface area contributed by atoms with Gasteiger partial charge in [-0.05, 0) is 30.0 Å². The number of carbonyl (C=O) groups excluding carboxylic acids is 1. The number of nitrogens with two attached hydrogens (primary N) is 1. The monoisotopic (exact) mass is 262 g/mol. The fourth-order valence-electron chi connectivity index (χ4n) is 2.31. The van der Waals surface area contributed by atoms with E-state index >= 15 is 0 Å². The number of anilines is 1. The summed E-state index contributed by atoms with van der Waals surface area (Å²) in [4.78, 5) is 14.3. The van der Waals surface area contributed by atoms with Crippen molar-refractivity contribution in [2.75, 3.05) is 11.4 Å². The summed E-state index contributed by atoms with van der Waals surface area (Å²) in [5.74, 6) is 1.25. The topological polar surface area (TPSA) is 55.6 Å². The van der Waals surface area contributed by atoms with Crippen LogP contribution in [-0.2, 0) is 11.3 Å². The van der Waals surface area contributed by atoms with Gasteiger partial charge in [0.25, 0.3) is 5.91 Å². The van der Waals surface area contributed by atoms with E-state index in [1.54, 1.807) is 0 Å². The highest BCUT2D eigenvalue weighted by Crippen LogP contribution is 2.36. The molecular weight excluding hydrogens is 240 g/mol. The Morgan fingerprint density at radius 1 is 1.42 bits per heavy atom. The Balaban J connectivity index is 2.42. The highest BCUT2D eigenvalue weighted by atomic mass is 16.5. The van der Waals surface area contributed by atoms with Gasteiger partial charge in [0.1, 0.15) is 5.75 Å². The third-order valence-corrected chi connectivity index (χ3v) is 3.28. The SMILES string of the molecule is CCC1Oc2ccc(CN)cc2N(CC(C)C)C1=O. The van der Waals surface area contributed by atoms with Crippen molar-refractivity contribution in [2.24, 2.45) is 11.7 Å². The summed E-state index contributed by atoms with van der Waals surface area (Å²) in [6, 6.07) is 5.83. The van der Waals surface area contributed by atoms with Crippen molar-refractivity contribution in [3.05, 3.63) is 23.8 Å². The maximum atomic E-state index is 12.4. The van der Waals surface area contributed by atoms with E-state index in [2.05, 4.69) is 13.8 Å². The van der Waals surface area contributed by atoms with Gasteiger partial charge >= 0.3 is 0 Å². The van der Waals surface area contributed by atoms with Gasteiger partial charge in [-0.1, -0.05) is 26.8 Å². The molecule has 1 aliphatic heterocycles. The molecule has 1 atom stereocenters. The molecule has 104 valence electrons. The summed E-state index contributed by atoms with van der Waals surface area (Å²) in [5, 5.41) is 0. The third-order valence-electron chi connectivity index (χ3n) is 3.28. The van der Waals surface area contributed by atoms with E-state index in [-0.39, 0.29) is 12.0 Å². The molecule has 2 N–H and O–H groups in total. The molecule has 0 saturated carbocycles. The normalized spacial score (nSPS) is 18.5. The van der Waals surface area contributed by atoms with E-state index in [4.69, 9.17) is 10.5 Å². The summed E-state index contributed by atoms with van der Waals surface area (Å²) in [6.07, 6.45) is 0.320. The molecule has 19 heavy (non-hydrogen) atoms. The predicted octanol–water partition coefficient (Wildman–Crippen LogP) is 2.31. The van der Waals surface area contributed by atoms with Crippen LogP contribution in [0, 0.1) is 5.92 Å². The zero-order valence-corrected chi connectivity index (χ0v) is 11.8. The average Bonchev–Trinajstić information content (AvgIpc) is 2.40. The standard InChI is InChI=1S/C15H22N2O2/c1-4-13-15(18)17(9-10(2)3)12-7-11(8-16)5-6-14(12)19-13/h5-7,10,13H,4,8-9,16H2,1-3H3. The van der Waals surface area contributed by atoms with Crippen molar-refractivity contribution in [1.29, 1.82) is 0 Å². The molecule has 0 aliphatic carbocycles. The van der Waals surface area contributed by atoms with Crippen molar-refractivity contribution >= 4 is 11.6 Å². The van der Waals surface area contributed by atoms with Crippen LogP contribution in [0.25, 0.3) is 0 Å². The summed E-state index contributed by atoms with van der Waals surface area (Å²) in [5.41, 5.74) is 7.54. The van der Waals surface area contributed by atoms with Crippen LogP contribution in [0.1, 0.15) is 32.8 Å². The van der Waals surface area contributed by atoms with Crippen LogP contribution < -0.4 is 15.4 Å². The second kappa shape index (κ2) is 5.61. The number of hydrogen-bond acceptors (Lipinski definition) is 3. The second-order valence-corrected chi connectivity index (χ2v) is 5.36. The minimum absolute atomic E-state index is 0.0536. The van der Waals surface area contributed by atoms with Crippen molar-refractivity contribution < 1.29 is 9.53 Å². The first-order valence-electron chi connectivity index (χ1n) is 6.87.